The Morgan fingerprint density at radius 3 is 1.28 bits per heavy atom. The maximum Gasteiger partial charge on any atom is 0.433 e. The summed E-state index contributed by atoms with van der Waals surface area (Å²) in [6.07, 6.45) is 8.79. The highest BCUT2D eigenvalue weighted by Gasteiger charge is 2.31. The Kier molecular flexibility index (Phi) is 55.5. The highest BCUT2D eigenvalue weighted by molar-refractivity contribution is 5.91. The first-order valence-corrected chi connectivity index (χ1v) is 37.6. The number of hydrogen-bond donors (Lipinski definition) is 4. The predicted molar refractivity (Wildman–Crippen MR) is 407 cm³/mol. The van der Waals surface area contributed by atoms with Crippen molar-refractivity contribution in [2.75, 3.05) is 105 Å². The summed E-state index contributed by atoms with van der Waals surface area (Å²) in [6, 6.07) is -1.63. The molecule has 108 heavy (non-hydrogen) atoms. The normalized spacial score (nSPS) is 13.1. The van der Waals surface area contributed by atoms with Crippen LogP contribution in [0.1, 0.15) is 240 Å². The molecule has 0 fully saturated rings. The van der Waals surface area contributed by atoms with Gasteiger partial charge in [0.25, 0.3) is 0 Å². The van der Waals surface area contributed by atoms with Crippen molar-refractivity contribution in [2.24, 2.45) is 27.1 Å². The molecule has 0 aromatic rings. The number of amides is 5. The van der Waals surface area contributed by atoms with Gasteiger partial charge in [-0.2, -0.15) is 4.99 Å². The molecule has 0 radical (unpaired) electrons. The van der Waals surface area contributed by atoms with Gasteiger partial charge in [0, 0.05) is 80.6 Å². The highest BCUT2D eigenvalue weighted by Crippen LogP contribution is 2.22. The fourth-order valence-electron chi connectivity index (χ4n) is 9.27. The summed E-state index contributed by atoms with van der Waals surface area (Å²) in [5.74, 6) is -4.10. The smallest absolute Gasteiger partial charge is 0.433 e. The van der Waals surface area contributed by atoms with E-state index in [0.717, 1.165) is 0 Å². The lowest BCUT2D eigenvalue weighted by molar-refractivity contribution is -0.158. The van der Waals surface area contributed by atoms with E-state index >= 15 is 0 Å². The number of Topliss-reactive ketones (excluding diaryl/α,β-unsaturated/α-hetero) is 2. The van der Waals surface area contributed by atoms with Crippen molar-refractivity contribution < 1.29 is 105 Å². The highest BCUT2D eigenvalue weighted by atomic mass is 16.6. The van der Waals surface area contributed by atoms with Crippen LogP contribution in [0.4, 0.5) is 14.4 Å². The molecule has 0 saturated heterocycles. The summed E-state index contributed by atoms with van der Waals surface area (Å²) in [7, 11) is 0. The molecular formula is C75H133N11O22. The van der Waals surface area contributed by atoms with Gasteiger partial charge in [0.2, 0.25) is 11.8 Å². The molecule has 33 nitrogen and oxygen atoms in total. The van der Waals surface area contributed by atoms with E-state index < -0.39 is 93.7 Å². The first-order valence-electron chi connectivity index (χ1n) is 37.6. The van der Waals surface area contributed by atoms with Crippen LogP contribution in [0.2, 0.25) is 0 Å². The summed E-state index contributed by atoms with van der Waals surface area (Å²) < 4.78 is 64.6. The number of aliphatic imine (C=N–C) groups is 1. The van der Waals surface area contributed by atoms with E-state index in [2.05, 4.69) is 46.3 Å². The number of alkyl carbamates (subject to hydrolysis) is 2. The minimum Gasteiger partial charge on any atom is -0.460 e. The molecule has 0 rings (SSSR count). The average Bonchev–Trinajstić information content (AvgIpc) is 0.905. The Balaban J connectivity index is 0. The van der Waals surface area contributed by atoms with Crippen molar-refractivity contribution in [1.29, 1.82) is 0 Å². The summed E-state index contributed by atoms with van der Waals surface area (Å²) in [5.41, 5.74) is 12.4. The van der Waals surface area contributed by atoms with E-state index in [9.17, 15) is 47.9 Å². The van der Waals surface area contributed by atoms with Gasteiger partial charge in [-0.05, 0) is 206 Å². The Bertz CT molecular complexity index is 2770. The molecule has 33 heteroatoms. The lowest BCUT2D eigenvalue weighted by Crippen LogP contribution is -2.44. The molecule has 0 aliphatic carbocycles. The van der Waals surface area contributed by atoms with Crippen molar-refractivity contribution in [2.45, 2.75) is 286 Å². The van der Waals surface area contributed by atoms with E-state index in [1.807, 2.05) is 20.8 Å². The first kappa shape index (κ1) is 103. The third-order valence-corrected chi connectivity index (χ3v) is 13.7. The molecule has 0 aliphatic heterocycles. The molecule has 5 amide bonds. The van der Waals surface area contributed by atoms with Gasteiger partial charge in [0.15, 0.2) is 11.6 Å². The van der Waals surface area contributed by atoms with Crippen LogP contribution < -0.4 is 21.3 Å². The fourth-order valence-corrected chi connectivity index (χ4v) is 9.27. The number of nitrogens with zero attached hydrogens (tertiary/aromatic N) is 7. The van der Waals surface area contributed by atoms with Crippen molar-refractivity contribution in [3.05, 3.63) is 33.0 Å². The molecule has 0 bridgehead atoms. The van der Waals surface area contributed by atoms with E-state index in [1.165, 1.54) is 6.21 Å². The van der Waals surface area contributed by atoms with Gasteiger partial charge in [-0.1, -0.05) is 35.2 Å². The van der Waals surface area contributed by atoms with Crippen LogP contribution in [0.25, 0.3) is 20.9 Å². The zero-order valence-corrected chi connectivity index (χ0v) is 68.2. The van der Waals surface area contributed by atoms with Crippen LogP contribution in [0.15, 0.2) is 27.4 Å². The number of unbranched alkanes of at least 4 members (excludes halogenated alkanes) is 4. The van der Waals surface area contributed by atoms with Crippen LogP contribution in [-0.4, -0.2) is 217 Å². The second kappa shape index (κ2) is 58.5. The monoisotopic (exact) mass is 1540 g/mol. The number of ether oxygens (including phenoxy) is 12. The maximum absolute atomic E-state index is 13.9. The molecule has 0 aromatic carbocycles. The summed E-state index contributed by atoms with van der Waals surface area (Å²) >= 11 is 0. The molecule has 0 heterocycles. The molecule has 0 saturated carbocycles. The second-order valence-electron chi connectivity index (χ2n) is 31.2. The van der Waals surface area contributed by atoms with Gasteiger partial charge in [-0.25, -0.2) is 14.4 Å². The number of nitrogens with one attached hydrogen (secondary N) is 4. The van der Waals surface area contributed by atoms with E-state index in [0.29, 0.717) is 143 Å². The van der Waals surface area contributed by atoms with Crippen molar-refractivity contribution in [3.8, 4) is 0 Å². The Morgan fingerprint density at radius 1 is 0.389 bits per heavy atom. The van der Waals surface area contributed by atoms with Crippen LogP contribution in [0.3, 0.4) is 0 Å². The van der Waals surface area contributed by atoms with E-state index in [1.54, 1.807) is 116 Å². The number of carbonyl (C=O) groups is 10. The fraction of sp³-hybridized carbons (Fsp3) is 0.827. The topological polar surface area (TPSA) is 439 Å². The van der Waals surface area contributed by atoms with Crippen LogP contribution in [-0.2, 0) is 90.4 Å². The Hall–Kier alpha value is -7.51. The standard InChI is InChI=1S/C50H88N6O14.C25H45N5O8/c1-47(2,3)67-41(58)25-15-13-14-21-37(35-42(59)68-48(4,5)6)44(61)52-26-19-17-23-39(40(57)24-20-29-64-31-33-66-34-32-65-30-28-54-56-51)55-45(62)38(36-43(60)69-49(7,8)9)22-16-18-27-53-46(63)70-50(10,11)12;1-24(2,3)37-22(32)27-12-8-7-10-20(29-23(33)38-25(4,5)6)21(31)11-9-14-34-16-18-36-19-17-35-15-13-28-30-26/h16,18,37-39H,13-15,17,19-36H2,1-12H3,(H,52,61)(H,53,63)(H,55,62);12,20H,7-11,13-19H2,1-6H3,(H,29,33)/b18-16+;/t;20-/m.0/s1. The van der Waals surface area contributed by atoms with Crippen LogP contribution >= 0.6 is 0 Å². The largest absolute Gasteiger partial charge is 0.460 e. The molecule has 0 aromatic heterocycles. The Labute approximate surface area is 640 Å². The number of carbonyl (C=O) groups excluding carboxylic acids is 10. The van der Waals surface area contributed by atoms with E-state index in [-0.39, 0.29) is 101 Å². The van der Waals surface area contributed by atoms with Gasteiger partial charge in [0.1, 0.15) is 33.6 Å². The molecule has 3 unspecified atom stereocenters. The third kappa shape index (κ3) is 69.0. The number of esters is 3. The molecule has 4 N–H and O–H groups in total. The minimum atomic E-state index is -0.912. The SMILES string of the molecule is CC(C)(C)OC(=O)CCCCCC(CC(=O)OC(C)(C)C)C(=O)NCCCCC(NC(=O)C(C/C=C/CNC(=O)OC(C)(C)C)CC(=O)OC(C)(C)C)C(=O)CCCOCCOCCOCCN=[N+]=[N-].CC(C)(C)OC(=O)N=CCCC[C@H](NC(=O)OC(C)(C)C)C(=O)CCCOCCOCCOCCN=[N+]=[N-]. The minimum absolute atomic E-state index is 0.0959. The lowest BCUT2D eigenvalue weighted by atomic mass is 9.96. The van der Waals surface area contributed by atoms with Gasteiger partial charge >= 0.3 is 36.2 Å². The molecule has 620 valence electrons. The number of azide groups is 2. The molecule has 0 aliphatic rings. The molecular weight excluding hydrogens is 1410 g/mol. The van der Waals surface area contributed by atoms with Crippen LogP contribution in [0, 0.1) is 11.8 Å². The first-order chi connectivity index (χ1) is 50.4. The molecule has 4 atom stereocenters. The summed E-state index contributed by atoms with van der Waals surface area (Å²) in [4.78, 5) is 137. The van der Waals surface area contributed by atoms with Gasteiger partial charge in [-0.3, -0.25) is 33.6 Å². The zero-order valence-electron chi connectivity index (χ0n) is 68.2. The number of ketones is 2. The van der Waals surface area contributed by atoms with E-state index in [4.69, 9.17) is 67.9 Å². The van der Waals surface area contributed by atoms with Gasteiger partial charge in [0.05, 0.1) is 96.9 Å². The van der Waals surface area contributed by atoms with Gasteiger partial charge < -0.3 is 78.1 Å². The molecule has 0 spiro atoms. The second-order valence-corrected chi connectivity index (χ2v) is 31.2. The van der Waals surface area contributed by atoms with Crippen molar-refractivity contribution in [1.82, 2.24) is 21.3 Å². The lowest BCUT2D eigenvalue weighted by Gasteiger charge is -2.24. The quantitative estimate of drug-likeness (QED) is 0.00642. The third-order valence-electron chi connectivity index (χ3n) is 13.7. The van der Waals surface area contributed by atoms with Crippen molar-refractivity contribution in [3.63, 3.8) is 0 Å². The van der Waals surface area contributed by atoms with Gasteiger partial charge in [-0.15, -0.1) is 0 Å². The maximum atomic E-state index is 13.9. The summed E-state index contributed by atoms with van der Waals surface area (Å²) in [5, 5.41) is 17.9. The zero-order chi connectivity index (χ0) is 82.1. The average molecular weight is 1540 g/mol. The summed E-state index contributed by atoms with van der Waals surface area (Å²) in [6.45, 7) is 36.7. The van der Waals surface area contributed by atoms with Crippen LogP contribution in [0.5, 0.6) is 0 Å². The van der Waals surface area contributed by atoms with Crippen molar-refractivity contribution >= 4 is 65.8 Å². The number of hydrogen-bond acceptors (Lipinski definition) is 24. The number of rotatable bonds is 55. The predicted octanol–water partition coefficient (Wildman–Crippen LogP) is 12.7. The number of allylic oxidation sites excluding steroid dienone is 1. The Morgan fingerprint density at radius 2 is 0.806 bits per heavy atom.